The van der Waals surface area contributed by atoms with E-state index in [1.807, 2.05) is 6.92 Å². The monoisotopic (exact) mass is 244 g/mol. The van der Waals surface area contributed by atoms with Crippen molar-refractivity contribution in [3.8, 4) is 0 Å². The standard InChI is InChI=1S/C13H24O4/c1-11(17-13-7-3-5-9-15-13)10-16-12-6-2-4-8-14-12/h11-13H,2-10H2,1H3/t11-,12-,13-/m1/s1. The Hall–Kier alpha value is -0.160. The Kier molecular flexibility index (Phi) is 5.71. The molecule has 3 atom stereocenters. The molecule has 2 saturated heterocycles. The highest BCUT2D eigenvalue weighted by Gasteiger charge is 2.19. The highest BCUT2D eigenvalue weighted by molar-refractivity contribution is 4.59. The van der Waals surface area contributed by atoms with Crippen LogP contribution >= 0.6 is 0 Å². The van der Waals surface area contributed by atoms with Crippen LogP contribution in [-0.4, -0.2) is 38.5 Å². The fourth-order valence-electron chi connectivity index (χ4n) is 2.20. The summed E-state index contributed by atoms with van der Waals surface area (Å²) in [5, 5.41) is 0. The predicted octanol–water partition coefficient (Wildman–Crippen LogP) is 2.46. The normalized spacial score (nSPS) is 32.3. The van der Waals surface area contributed by atoms with E-state index in [1.54, 1.807) is 0 Å². The van der Waals surface area contributed by atoms with Crippen molar-refractivity contribution in [1.82, 2.24) is 0 Å². The van der Waals surface area contributed by atoms with Crippen molar-refractivity contribution in [2.75, 3.05) is 19.8 Å². The molecule has 0 amide bonds. The maximum atomic E-state index is 5.78. The second-order valence-corrected chi connectivity index (χ2v) is 4.87. The second kappa shape index (κ2) is 7.31. The van der Waals surface area contributed by atoms with Crippen molar-refractivity contribution >= 4 is 0 Å². The van der Waals surface area contributed by atoms with Gasteiger partial charge in [0.1, 0.15) is 0 Å². The van der Waals surface area contributed by atoms with Crippen LogP contribution in [-0.2, 0) is 18.9 Å². The summed E-state index contributed by atoms with van der Waals surface area (Å²) in [5.41, 5.74) is 0. The molecule has 4 nitrogen and oxygen atoms in total. The summed E-state index contributed by atoms with van der Waals surface area (Å²) in [7, 11) is 0. The summed E-state index contributed by atoms with van der Waals surface area (Å²) < 4.78 is 22.5. The number of rotatable bonds is 5. The second-order valence-electron chi connectivity index (χ2n) is 4.87. The van der Waals surface area contributed by atoms with Gasteiger partial charge in [-0.1, -0.05) is 0 Å². The van der Waals surface area contributed by atoms with Gasteiger partial charge in [-0.05, 0) is 45.4 Å². The maximum absolute atomic E-state index is 5.78. The van der Waals surface area contributed by atoms with E-state index in [1.165, 1.54) is 12.8 Å². The molecule has 0 aromatic heterocycles. The SMILES string of the molecule is C[C@H](CO[C@@H]1CCCCO1)O[C@@H]1CCCCO1. The largest absolute Gasteiger partial charge is 0.353 e. The molecule has 0 aliphatic carbocycles. The molecule has 2 fully saturated rings. The molecule has 0 unspecified atom stereocenters. The predicted molar refractivity (Wildman–Crippen MR) is 63.7 cm³/mol. The van der Waals surface area contributed by atoms with Gasteiger partial charge in [-0.3, -0.25) is 0 Å². The van der Waals surface area contributed by atoms with Crippen LogP contribution in [0.25, 0.3) is 0 Å². The molecule has 0 spiro atoms. The molecular weight excluding hydrogens is 220 g/mol. The van der Waals surface area contributed by atoms with E-state index < -0.39 is 0 Å². The van der Waals surface area contributed by atoms with E-state index in [9.17, 15) is 0 Å². The Morgan fingerprint density at radius 2 is 1.65 bits per heavy atom. The summed E-state index contributed by atoms with van der Waals surface area (Å²) >= 11 is 0. The van der Waals surface area contributed by atoms with Gasteiger partial charge in [0, 0.05) is 13.2 Å². The molecule has 0 aromatic rings. The van der Waals surface area contributed by atoms with Gasteiger partial charge in [0.2, 0.25) is 0 Å². The van der Waals surface area contributed by atoms with Crippen LogP contribution in [0.15, 0.2) is 0 Å². The van der Waals surface area contributed by atoms with Gasteiger partial charge in [0.25, 0.3) is 0 Å². The van der Waals surface area contributed by atoms with Crippen LogP contribution in [0.5, 0.6) is 0 Å². The molecule has 0 bridgehead atoms. The zero-order valence-electron chi connectivity index (χ0n) is 10.7. The first kappa shape index (κ1) is 13.3. The zero-order chi connectivity index (χ0) is 11.9. The maximum Gasteiger partial charge on any atom is 0.158 e. The van der Waals surface area contributed by atoms with Crippen LogP contribution in [0.1, 0.15) is 45.4 Å². The Labute approximate surface area is 104 Å². The van der Waals surface area contributed by atoms with Crippen molar-refractivity contribution in [2.24, 2.45) is 0 Å². The van der Waals surface area contributed by atoms with Gasteiger partial charge in [0.15, 0.2) is 12.6 Å². The Morgan fingerprint density at radius 3 is 2.24 bits per heavy atom. The van der Waals surface area contributed by atoms with Crippen molar-refractivity contribution in [3.63, 3.8) is 0 Å². The summed E-state index contributed by atoms with van der Waals surface area (Å²) in [6.45, 7) is 4.26. The first-order valence-electron chi connectivity index (χ1n) is 6.85. The third-order valence-electron chi connectivity index (χ3n) is 3.18. The average Bonchev–Trinajstić information content (AvgIpc) is 2.39. The minimum atomic E-state index is -0.0328. The zero-order valence-corrected chi connectivity index (χ0v) is 10.7. The third-order valence-corrected chi connectivity index (χ3v) is 3.18. The van der Waals surface area contributed by atoms with Crippen LogP contribution in [0, 0.1) is 0 Å². The summed E-state index contributed by atoms with van der Waals surface area (Å²) in [6, 6.07) is 0. The highest BCUT2D eigenvalue weighted by atomic mass is 16.7. The van der Waals surface area contributed by atoms with E-state index >= 15 is 0 Å². The van der Waals surface area contributed by atoms with Crippen molar-refractivity contribution in [2.45, 2.75) is 64.1 Å². The van der Waals surface area contributed by atoms with Gasteiger partial charge in [-0.25, -0.2) is 0 Å². The summed E-state index contributed by atoms with van der Waals surface area (Å²) in [5.74, 6) is 0. The van der Waals surface area contributed by atoms with Crippen LogP contribution in [0.3, 0.4) is 0 Å². The molecule has 2 aliphatic heterocycles. The quantitative estimate of drug-likeness (QED) is 0.744. The van der Waals surface area contributed by atoms with Crippen LogP contribution in [0.2, 0.25) is 0 Å². The third kappa shape index (κ3) is 4.92. The molecule has 2 rings (SSSR count). The van der Waals surface area contributed by atoms with E-state index in [0.717, 1.165) is 38.9 Å². The van der Waals surface area contributed by atoms with Crippen molar-refractivity contribution in [3.05, 3.63) is 0 Å². The highest BCUT2D eigenvalue weighted by Crippen LogP contribution is 2.17. The fourth-order valence-corrected chi connectivity index (χ4v) is 2.20. The molecule has 0 radical (unpaired) electrons. The first-order valence-corrected chi connectivity index (χ1v) is 6.85. The lowest BCUT2D eigenvalue weighted by molar-refractivity contribution is -0.219. The Balaban J connectivity index is 1.57. The Bertz CT molecular complexity index is 198. The van der Waals surface area contributed by atoms with Crippen molar-refractivity contribution < 1.29 is 18.9 Å². The lowest BCUT2D eigenvalue weighted by Crippen LogP contribution is -2.31. The van der Waals surface area contributed by atoms with E-state index in [-0.39, 0.29) is 18.7 Å². The van der Waals surface area contributed by atoms with Gasteiger partial charge >= 0.3 is 0 Å². The van der Waals surface area contributed by atoms with Gasteiger partial charge in [-0.15, -0.1) is 0 Å². The van der Waals surface area contributed by atoms with Crippen LogP contribution in [0.4, 0.5) is 0 Å². The smallest absolute Gasteiger partial charge is 0.158 e. The van der Waals surface area contributed by atoms with Gasteiger partial charge < -0.3 is 18.9 Å². The number of hydrogen-bond donors (Lipinski definition) is 0. The van der Waals surface area contributed by atoms with Crippen molar-refractivity contribution in [1.29, 1.82) is 0 Å². The molecule has 0 saturated carbocycles. The average molecular weight is 244 g/mol. The number of hydrogen-bond acceptors (Lipinski definition) is 4. The Morgan fingerprint density at radius 1 is 1.00 bits per heavy atom. The lowest BCUT2D eigenvalue weighted by Gasteiger charge is -2.28. The van der Waals surface area contributed by atoms with Crippen LogP contribution < -0.4 is 0 Å². The first-order chi connectivity index (χ1) is 8.34. The molecule has 2 heterocycles. The summed E-state index contributed by atoms with van der Waals surface area (Å²) in [6.07, 6.45) is 6.73. The number of ether oxygens (including phenoxy) is 4. The minimum Gasteiger partial charge on any atom is -0.353 e. The molecule has 4 heteroatoms. The lowest BCUT2D eigenvalue weighted by atomic mass is 10.2. The molecule has 0 N–H and O–H groups in total. The van der Waals surface area contributed by atoms with E-state index in [2.05, 4.69) is 0 Å². The molecular formula is C13H24O4. The van der Waals surface area contributed by atoms with E-state index in [4.69, 9.17) is 18.9 Å². The molecule has 0 aromatic carbocycles. The minimum absolute atomic E-state index is 0.0259. The molecule has 17 heavy (non-hydrogen) atoms. The molecule has 2 aliphatic rings. The van der Waals surface area contributed by atoms with E-state index in [0.29, 0.717) is 6.61 Å². The van der Waals surface area contributed by atoms with Gasteiger partial charge in [-0.2, -0.15) is 0 Å². The topological polar surface area (TPSA) is 36.9 Å². The molecule has 100 valence electrons. The van der Waals surface area contributed by atoms with Gasteiger partial charge in [0.05, 0.1) is 12.7 Å². The summed E-state index contributed by atoms with van der Waals surface area (Å²) in [4.78, 5) is 0. The fraction of sp³-hybridized carbons (Fsp3) is 1.00.